The summed E-state index contributed by atoms with van der Waals surface area (Å²) < 4.78 is 40.9. The summed E-state index contributed by atoms with van der Waals surface area (Å²) in [5.74, 6) is 5.42. The first-order valence-electron chi connectivity index (χ1n) is 18.7. The number of benzene rings is 5. The molecular formula is C45H42GeIrN2O-2. The van der Waals surface area contributed by atoms with Crippen LogP contribution in [0.15, 0.2) is 120 Å². The fourth-order valence-corrected chi connectivity index (χ4v) is 9.67. The number of hydrogen-bond donors (Lipinski definition) is 0. The van der Waals surface area contributed by atoms with Gasteiger partial charge in [-0.05, 0) is 51.3 Å². The summed E-state index contributed by atoms with van der Waals surface area (Å²) in [5.41, 5.74) is 6.03. The van der Waals surface area contributed by atoms with Crippen molar-refractivity contribution in [2.24, 2.45) is 0 Å². The fraction of sp³-hybridized carbons (Fsp3) is 0.200. The number of aromatic nitrogens is 2. The van der Waals surface area contributed by atoms with Crippen molar-refractivity contribution < 1.29 is 30.0 Å². The Morgan fingerprint density at radius 1 is 0.720 bits per heavy atom. The van der Waals surface area contributed by atoms with Crippen LogP contribution in [0.4, 0.5) is 0 Å². The molecule has 8 rings (SSSR count). The van der Waals surface area contributed by atoms with Gasteiger partial charge in [-0.25, -0.2) is 0 Å². The summed E-state index contributed by atoms with van der Waals surface area (Å²) in [4.78, 5) is 8.96. The van der Waals surface area contributed by atoms with Crippen LogP contribution in [-0.4, -0.2) is 23.2 Å². The summed E-state index contributed by atoms with van der Waals surface area (Å²) in [7, 11) is 0. The van der Waals surface area contributed by atoms with Crippen molar-refractivity contribution in [2.45, 2.75) is 56.8 Å². The van der Waals surface area contributed by atoms with E-state index in [2.05, 4.69) is 81.8 Å². The third-order valence-electron chi connectivity index (χ3n) is 8.98. The van der Waals surface area contributed by atoms with E-state index in [9.17, 15) is 0 Å². The molecule has 0 aliphatic rings. The monoisotopic (exact) mass is 897 g/mol. The third-order valence-corrected chi connectivity index (χ3v) is 13.2. The molecule has 253 valence electrons. The van der Waals surface area contributed by atoms with Crippen LogP contribution in [0.3, 0.4) is 0 Å². The van der Waals surface area contributed by atoms with Crippen LogP contribution in [-0.2, 0) is 20.1 Å². The minimum absolute atomic E-state index is 0. The molecule has 5 aromatic carbocycles. The number of furan rings is 1. The SMILES string of the molecule is [2H]C(C)(C)c1cc(-c2[c-]cccc2)nc[c]1[Ge]([CH3])([CH3])[CH3].[2H]c1nc(-c2[c-]ccc3c2oc2cc4c(ccc5ccccc54)cc23)cc(C([2H])(C)C)c1[2H].[Ir]. The maximum Gasteiger partial charge on any atom is 0.121 e. The molecular weight excluding hydrogens is 849 g/mol. The van der Waals surface area contributed by atoms with Crippen molar-refractivity contribution >= 4 is 61.1 Å². The van der Waals surface area contributed by atoms with Gasteiger partial charge in [0.1, 0.15) is 5.58 Å². The average molecular weight is 896 g/mol. The summed E-state index contributed by atoms with van der Waals surface area (Å²) in [6, 6.07) is 38.7. The van der Waals surface area contributed by atoms with Gasteiger partial charge in [0.25, 0.3) is 0 Å². The average Bonchev–Trinajstić information content (AvgIpc) is 3.48. The first kappa shape index (κ1) is 30.7. The standard InChI is InChI=1S/C28H20NO.C17H22GeN.Ir/c1-17(2)19-12-13-29-26(15-19)23-9-5-8-22-25-14-20-11-10-18-6-3-4-7-21(18)24(20)16-27(25)30-28(22)23;1-13(2)15-11-17(14-9-7-6-8-10-14)19-12-16(15)18(3,4)5;/h3-8,10-17H,1-2H3;6-9,11-13H,1-5H3;/q2*-1;/i12D,13D,17D;13D;. The number of nitrogens with zero attached hydrogens (tertiary/aromatic N) is 2. The Labute approximate surface area is 317 Å². The molecule has 3 aromatic heterocycles. The van der Waals surface area contributed by atoms with E-state index in [0.717, 1.165) is 43.9 Å². The number of pyridine rings is 2. The van der Waals surface area contributed by atoms with Gasteiger partial charge >= 0.3 is 120 Å². The largest absolute Gasteiger partial charge is 0.501 e. The van der Waals surface area contributed by atoms with E-state index in [1.165, 1.54) is 15.2 Å². The van der Waals surface area contributed by atoms with Crippen LogP contribution in [0.1, 0.15) is 56.1 Å². The Kier molecular flexibility index (Phi) is 8.99. The van der Waals surface area contributed by atoms with Crippen LogP contribution in [0.25, 0.3) is 66.0 Å². The van der Waals surface area contributed by atoms with E-state index >= 15 is 0 Å². The molecule has 0 bridgehead atoms. The molecule has 1 radical (unpaired) electrons. The number of hydrogen-bond acceptors (Lipinski definition) is 3. The van der Waals surface area contributed by atoms with Crippen LogP contribution in [0.2, 0.25) is 17.3 Å². The molecule has 0 aliphatic heterocycles. The van der Waals surface area contributed by atoms with Crippen LogP contribution in [0.5, 0.6) is 0 Å². The zero-order chi connectivity index (χ0) is 37.9. The van der Waals surface area contributed by atoms with Gasteiger partial charge in [-0.2, -0.15) is 0 Å². The van der Waals surface area contributed by atoms with Crippen LogP contribution in [0, 0.1) is 12.1 Å². The zero-order valence-electron chi connectivity index (χ0n) is 33.5. The van der Waals surface area contributed by atoms with Crippen molar-refractivity contribution in [1.82, 2.24) is 9.97 Å². The van der Waals surface area contributed by atoms with Gasteiger partial charge in [0, 0.05) is 33.0 Å². The van der Waals surface area contributed by atoms with E-state index in [4.69, 9.17) is 9.90 Å². The zero-order valence-corrected chi connectivity index (χ0v) is 33.9. The number of fused-ring (bicyclic) bond motifs is 6. The molecule has 5 heteroatoms. The normalized spacial score (nSPS) is 13.3. The first-order chi connectivity index (χ1) is 25.0. The van der Waals surface area contributed by atoms with Gasteiger partial charge in [0.15, 0.2) is 0 Å². The summed E-state index contributed by atoms with van der Waals surface area (Å²) in [6.07, 6.45) is 1.85. The summed E-state index contributed by atoms with van der Waals surface area (Å²) in [5, 5.41) is 6.59. The van der Waals surface area contributed by atoms with E-state index in [-0.39, 0.29) is 32.3 Å². The third kappa shape index (κ3) is 7.07. The Balaban J connectivity index is 0.000000205. The molecule has 0 atom stereocenters. The molecule has 0 unspecified atom stereocenters. The molecule has 0 saturated carbocycles. The molecule has 0 amide bonds. The second-order valence-corrected chi connectivity index (χ2v) is 24.6. The second kappa shape index (κ2) is 14.6. The predicted molar refractivity (Wildman–Crippen MR) is 210 cm³/mol. The molecule has 0 spiro atoms. The van der Waals surface area contributed by atoms with Crippen molar-refractivity contribution in [1.29, 1.82) is 0 Å². The fourth-order valence-electron chi connectivity index (χ4n) is 6.35. The van der Waals surface area contributed by atoms with Gasteiger partial charge in [-0.1, -0.05) is 72.8 Å². The van der Waals surface area contributed by atoms with E-state index < -0.39 is 25.1 Å². The maximum absolute atomic E-state index is 8.44. The van der Waals surface area contributed by atoms with Gasteiger partial charge in [0.2, 0.25) is 0 Å². The maximum atomic E-state index is 8.44. The molecule has 3 nitrogen and oxygen atoms in total. The predicted octanol–water partition coefficient (Wildman–Crippen LogP) is 12.1. The topological polar surface area (TPSA) is 38.9 Å². The molecule has 8 aromatic rings. The molecule has 50 heavy (non-hydrogen) atoms. The number of rotatable bonds is 5. The van der Waals surface area contributed by atoms with E-state index in [1.54, 1.807) is 19.9 Å². The van der Waals surface area contributed by atoms with Crippen molar-refractivity contribution in [2.75, 3.05) is 0 Å². The van der Waals surface area contributed by atoms with Crippen LogP contribution < -0.4 is 4.40 Å². The van der Waals surface area contributed by atoms with Crippen LogP contribution >= 0.6 is 0 Å². The van der Waals surface area contributed by atoms with E-state index in [0.29, 0.717) is 22.4 Å². The minimum atomic E-state index is -2.03. The Hall–Kier alpha value is -4.09. The molecule has 0 saturated heterocycles. The first-order valence-corrected chi connectivity index (χ1v) is 24.0. The van der Waals surface area contributed by atoms with Crippen molar-refractivity contribution in [3.8, 4) is 22.5 Å². The van der Waals surface area contributed by atoms with Gasteiger partial charge in [-0.3, -0.25) is 0 Å². The quantitative estimate of drug-likeness (QED) is 0.0982. The van der Waals surface area contributed by atoms with Gasteiger partial charge in [0.05, 0.1) is 8.32 Å². The second-order valence-electron chi connectivity index (χ2n) is 14.0. The molecule has 0 aliphatic carbocycles. The molecule has 0 N–H and O–H groups in total. The van der Waals surface area contributed by atoms with Gasteiger partial charge in [-0.15, -0.1) is 18.2 Å². The minimum Gasteiger partial charge on any atom is -0.501 e. The Morgan fingerprint density at radius 2 is 1.50 bits per heavy atom. The van der Waals surface area contributed by atoms with Crippen molar-refractivity contribution in [3.05, 3.63) is 139 Å². The summed E-state index contributed by atoms with van der Waals surface area (Å²) in [6.45, 7) is 7.34. The molecule has 0 fully saturated rings. The van der Waals surface area contributed by atoms with Crippen molar-refractivity contribution in [3.63, 3.8) is 0 Å². The summed E-state index contributed by atoms with van der Waals surface area (Å²) >= 11 is -2.03. The Bertz CT molecular complexity index is 2660. The van der Waals surface area contributed by atoms with E-state index in [1.807, 2.05) is 68.6 Å². The smallest absolute Gasteiger partial charge is 0.121 e. The van der Waals surface area contributed by atoms with Gasteiger partial charge < -0.3 is 9.40 Å². The molecule has 3 heterocycles. The Morgan fingerprint density at radius 3 is 2.24 bits per heavy atom.